The molecule has 1 unspecified atom stereocenters. The van der Waals surface area contributed by atoms with Crippen LogP contribution in [0.5, 0.6) is 0 Å². The molecule has 0 aliphatic heterocycles. The van der Waals surface area contributed by atoms with Gasteiger partial charge in [0.2, 0.25) is 10.0 Å². The lowest BCUT2D eigenvalue weighted by atomic mass is 10.3. The molecule has 0 amide bonds. The van der Waals surface area contributed by atoms with Crippen LogP contribution >= 0.6 is 12.2 Å². The van der Waals surface area contributed by atoms with Crippen LogP contribution in [0.2, 0.25) is 0 Å². The molecule has 18 heavy (non-hydrogen) atoms. The van der Waals surface area contributed by atoms with Gasteiger partial charge in [0.1, 0.15) is 5.25 Å². The fourth-order valence-electron chi connectivity index (χ4n) is 1.28. The Kier molecular flexibility index (Phi) is 8.62. The van der Waals surface area contributed by atoms with Crippen LogP contribution in [0, 0.1) is 0 Å². The summed E-state index contributed by atoms with van der Waals surface area (Å²) < 4.78 is 31.3. The molecule has 0 saturated heterocycles. The molecule has 0 aromatic rings. The number of rotatable bonds is 10. The molecule has 0 bridgehead atoms. The van der Waals surface area contributed by atoms with Crippen molar-refractivity contribution in [2.24, 2.45) is 5.73 Å². The van der Waals surface area contributed by atoms with E-state index in [0.29, 0.717) is 19.6 Å². The first-order valence-corrected chi connectivity index (χ1v) is 7.77. The van der Waals surface area contributed by atoms with Gasteiger partial charge in [-0.1, -0.05) is 19.1 Å². The number of hydrogen-bond donors (Lipinski definition) is 2. The summed E-state index contributed by atoms with van der Waals surface area (Å²) >= 11 is 4.74. The molecule has 8 heteroatoms. The standard InChI is InChI=1S/C10H23N3O3S2/c1-4-9(10(11)17)18(14,15)12-5-7-16-8-6-13(2)3/h9,12H,4-8H2,1-3H3,(H2,11,17). The van der Waals surface area contributed by atoms with Crippen molar-refractivity contribution in [1.82, 2.24) is 9.62 Å². The zero-order chi connectivity index (χ0) is 14.2. The first-order chi connectivity index (χ1) is 8.31. The van der Waals surface area contributed by atoms with Crippen molar-refractivity contribution in [3.63, 3.8) is 0 Å². The largest absolute Gasteiger partial charge is 0.392 e. The van der Waals surface area contributed by atoms with Crippen LogP contribution in [-0.2, 0) is 14.8 Å². The minimum absolute atomic E-state index is 0.00136. The Balaban J connectivity index is 3.94. The van der Waals surface area contributed by atoms with Crippen molar-refractivity contribution < 1.29 is 13.2 Å². The van der Waals surface area contributed by atoms with Crippen molar-refractivity contribution in [3.05, 3.63) is 0 Å². The summed E-state index contributed by atoms with van der Waals surface area (Å²) in [6.45, 7) is 3.67. The summed E-state index contributed by atoms with van der Waals surface area (Å²) in [6.07, 6.45) is 0.367. The van der Waals surface area contributed by atoms with Gasteiger partial charge in [0, 0.05) is 13.1 Å². The second-order valence-corrected chi connectivity index (χ2v) is 6.57. The van der Waals surface area contributed by atoms with E-state index in [9.17, 15) is 8.42 Å². The van der Waals surface area contributed by atoms with Gasteiger partial charge in [-0.3, -0.25) is 0 Å². The molecule has 0 fully saturated rings. The average molecular weight is 297 g/mol. The van der Waals surface area contributed by atoms with E-state index in [1.807, 2.05) is 19.0 Å². The number of hydrogen-bond acceptors (Lipinski definition) is 5. The van der Waals surface area contributed by atoms with Gasteiger partial charge in [-0.05, 0) is 20.5 Å². The summed E-state index contributed by atoms with van der Waals surface area (Å²) in [5.74, 6) is 0. The summed E-state index contributed by atoms with van der Waals surface area (Å²) in [5, 5.41) is -0.811. The number of nitrogens with two attached hydrogens (primary N) is 1. The quantitative estimate of drug-likeness (QED) is 0.420. The summed E-state index contributed by atoms with van der Waals surface area (Å²) in [6, 6.07) is 0. The Morgan fingerprint density at radius 3 is 2.50 bits per heavy atom. The van der Waals surface area contributed by atoms with Gasteiger partial charge in [-0.25, -0.2) is 13.1 Å². The Bertz CT molecular complexity index is 344. The Morgan fingerprint density at radius 2 is 2.06 bits per heavy atom. The third-order valence-corrected chi connectivity index (χ3v) is 4.67. The molecule has 3 N–H and O–H groups in total. The minimum Gasteiger partial charge on any atom is -0.392 e. The van der Waals surface area contributed by atoms with Crippen LogP contribution < -0.4 is 10.5 Å². The molecule has 0 aromatic carbocycles. The zero-order valence-electron chi connectivity index (χ0n) is 11.2. The van der Waals surface area contributed by atoms with Crippen LogP contribution in [0.4, 0.5) is 0 Å². The first-order valence-electron chi connectivity index (χ1n) is 5.81. The zero-order valence-corrected chi connectivity index (χ0v) is 12.8. The number of nitrogens with zero attached hydrogens (tertiary/aromatic N) is 1. The van der Waals surface area contributed by atoms with Gasteiger partial charge in [0.05, 0.1) is 18.2 Å². The molecule has 1 atom stereocenters. The number of sulfonamides is 1. The van der Waals surface area contributed by atoms with Gasteiger partial charge < -0.3 is 15.4 Å². The molecule has 0 rings (SSSR count). The number of thiocarbonyl (C=S) groups is 1. The number of ether oxygens (including phenoxy) is 1. The van der Waals surface area contributed by atoms with Crippen LogP contribution in [0.25, 0.3) is 0 Å². The Labute approximate surface area is 115 Å². The Morgan fingerprint density at radius 1 is 1.44 bits per heavy atom. The minimum atomic E-state index is -3.48. The third kappa shape index (κ3) is 7.22. The van der Waals surface area contributed by atoms with Crippen LogP contribution in [0.1, 0.15) is 13.3 Å². The van der Waals surface area contributed by atoms with Crippen LogP contribution in [0.15, 0.2) is 0 Å². The highest BCUT2D eigenvalue weighted by Crippen LogP contribution is 2.04. The van der Waals surface area contributed by atoms with Crippen molar-refractivity contribution in [2.45, 2.75) is 18.6 Å². The fraction of sp³-hybridized carbons (Fsp3) is 0.900. The normalized spacial score (nSPS) is 13.8. The lowest BCUT2D eigenvalue weighted by Crippen LogP contribution is -2.42. The lowest BCUT2D eigenvalue weighted by molar-refractivity contribution is 0.122. The van der Waals surface area contributed by atoms with Gasteiger partial charge in [-0.2, -0.15) is 0 Å². The molecular weight excluding hydrogens is 274 g/mol. The molecule has 108 valence electrons. The molecule has 6 nitrogen and oxygen atoms in total. The topological polar surface area (TPSA) is 84.7 Å². The smallest absolute Gasteiger partial charge is 0.221 e. The van der Waals surface area contributed by atoms with Gasteiger partial charge in [-0.15, -0.1) is 0 Å². The number of nitrogens with one attached hydrogen (secondary N) is 1. The Hall–Kier alpha value is -0.280. The van der Waals surface area contributed by atoms with Gasteiger partial charge in [0.15, 0.2) is 0 Å². The maximum absolute atomic E-state index is 11.8. The van der Waals surface area contributed by atoms with Gasteiger partial charge >= 0.3 is 0 Å². The maximum atomic E-state index is 11.8. The SMILES string of the molecule is CCC(C(N)=S)S(=O)(=O)NCCOCCN(C)C. The van der Waals surface area contributed by atoms with Crippen molar-refractivity contribution in [1.29, 1.82) is 0 Å². The third-order valence-electron chi connectivity index (χ3n) is 2.30. The van der Waals surface area contributed by atoms with E-state index in [0.717, 1.165) is 6.54 Å². The monoisotopic (exact) mass is 297 g/mol. The summed E-state index contributed by atoms with van der Waals surface area (Å²) in [7, 11) is 0.407. The highest BCUT2D eigenvalue weighted by atomic mass is 32.2. The molecule has 0 radical (unpaired) electrons. The van der Waals surface area contributed by atoms with Crippen molar-refractivity contribution in [3.8, 4) is 0 Å². The van der Waals surface area contributed by atoms with E-state index < -0.39 is 15.3 Å². The lowest BCUT2D eigenvalue weighted by Gasteiger charge is -2.15. The van der Waals surface area contributed by atoms with Crippen molar-refractivity contribution in [2.75, 3.05) is 40.4 Å². The fourth-order valence-corrected chi connectivity index (χ4v) is 3.14. The average Bonchev–Trinajstić information content (AvgIpc) is 2.22. The number of likely N-dealkylation sites (N-methyl/N-ethyl adjacent to an activating group) is 1. The van der Waals surface area contributed by atoms with Crippen LogP contribution in [-0.4, -0.2) is 64.0 Å². The van der Waals surface area contributed by atoms with Crippen molar-refractivity contribution >= 4 is 27.2 Å². The summed E-state index contributed by atoms with van der Waals surface area (Å²) in [4.78, 5) is 1.99. The van der Waals surface area contributed by atoms with E-state index in [-0.39, 0.29) is 11.5 Å². The van der Waals surface area contributed by atoms with Gasteiger partial charge in [0.25, 0.3) is 0 Å². The molecule has 0 aliphatic rings. The maximum Gasteiger partial charge on any atom is 0.221 e. The van der Waals surface area contributed by atoms with E-state index in [2.05, 4.69) is 4.72 Å². The molecular formula is C10H23N3O3S2. The molecule has 0 aromatic heterocycles. The first kappa shape index (κ1) is 17.7. The molecule has 0 saturated carbocycles. The summed E-state index contributed by atoms with van der Waals surface area (Å²) in [5.41, 5.74) is 5.39. The van der Waals surface area contributed by atoms with Crippen LogP contribution in [0.3, 0.4) is 0 Å². The van der Waals surface area contributed by atoms with E-state index in [1.54, 1.807) is 6.92 Å². The highest BCUT2D eigenvalue weighted by molar-refractivity contribution is 7.93. The predicted molar refractivity (Wildman–Crippen MR) is 77.2 cm³/mol. The van der Waals surface area contributed by atoms with E-state index >= 15 is 0 Å². The van der Waals surface area contributed by atoms with E-state index in [1.165, 1.54) is 0 Å². The predicted octanol–water partition coefficient (Wildman–Crippen LogP) is -0.451. The highest BCUT2D eigenvalue weighted by Gasteiger charge is 2.25. The molecule has 0 aliphatic carbocycles. The second-order valence-electron chi connectivity index (χ2n) is 4.15. The second kappa shape index (κ2) is 8.76. The van der Waals surface area contributed by atoms with E-state index in [4.69, 9.17) is 22.7 Å². The molecule has 0 heterocycles. The molecule has 0 spiro atoms.